The van der Waals surface area contributed by atoms with Gasteiger partial charge in [0.2, 0.25) is 10.0 Å². The number of guanidine groups is 1. The lowest BCUT2D eigenvalue weighted by molar-refractivity contribution is 0.446. The number of nitrogens with one attached hydrogen (secondary N) is 2. The van der Waals surface area contributed by atoms with Crippen LogP contribution in [-0.4, -0.2) is 51.2 Å². The van der Waals surface area contributed by atoms with Crippen LogP contribution in [0.15, 0.2) is 33.7 Å². The Hall–Kier alpha value is -0.390. The van der Waals surface area contributed by atoms with Gasteiger partial charge in [-0.2, -0.15) is 0 Å². The van der Waals surface area contributed by atoms with Crippen LogP contribution in [0.25, 0.3) is 0 Å². The van der Waals surface area contributed by atoms with Gasteiger partial charge in [-0.05, 0) is 32.4 Å². The molecule has 25 heavy (non-hydrogen) atoms. The molecule has 0 spiro atoms. The number of sulfonamides is 1. The number of aliphatic imine (C=N–C) groups is 1. The fourth-order valence-corrected chi connectivity index (χ4v) is 3.71. The number of halogens is 2. The summed E-state index contributed by atoms with van der Waals surface area (Å²) in [5, 5.41) is 3.24. The van der Waals surface area contributed by atoms with Crippen molar-refractivity contribution >= 4 is 55.9 Å². The Morgan fingerprint density at radius 2 is 1.92 bits per heavy atom. The molecule has 0 amide bonds. The van der Waals surface area contributed by atoms with E-state index in [4.69, 9.17) is 0 Å². The van der Waals surface area contributed by atoms with Crippen LogP contribution >= 0.6 is 39.9 Å². The molecule has 1 aromatic carbocycles. The van der Waals surface area contributed by atoms with E-state index < -0.39 is 15.6 Å². The molecule has 2 N–H and O–H groups in total. The highest BCUT2D eigenvalue weighted by Crippen LogP contribution is 2.17. The molecule has 0 aromatic heterocycles. The summed E-state index contributed by atoms with van der Waals surface area (Å²) in [6, 6.07) is 8.04. The maximum Gasteiger partial charge on any atom is 0.209 e. The van der Waals surface area contributed by atoms with Crippen LogP contribution in [0.5, 0.6) is 0 Å². The van der Waals surface area contributed by atoms with Gasteiger partial charge in [0.05, 0.1) is 12.8 Å². The summed E-state index contributed by atoms with van der Waals surface area (Å²) in [4.78, 5) is 6.60. The fraction of sp³-hybridized carbons (Fsp3) is 0.562. The van der Waals surface area contributed by atoms with Crippen LogP contribution in [0, 0.1) is 0 Å². The summed E-state index contributed by atoms with van der Waals surface area (Å²) < 4.78 is 26.5. The molecule has 0 saturated carbocycles. The molecule has 6 nitrogen and oxygen atoms in total. The zero-order valence-electron chi connectivity index (χ0n) is 15.3. The first-order chi connectivity index (χ1) is 11.0. The third-order valence-electron chi connectivity index (χ3n) is 3.15. The number of nitrogens with zero attached hydrogens (tertiary/aromatic N) is 2. The smallest absolute Gasteiger partial charge is 0.209 e. The maximum absolute atomic E-state index is 11.4. The third-order valence-corrected chi connectivity index (χ3v) is 4.84. The lowest BCUT2D eigenvalue weighted by atomic mass is 10.1. The highest BCUT2D eigenvalue weighted by Gasteiger charge is 2.22. The van der Waals surface area contributed by atoms with Crippen LogP contribution in [-0.2, 0) is 16.6 Å². The van der Waals surface area contributed by atoms with Gasteiger partial charge in [0.15, 0.2) is 5.96 Å². The van der Waals surface area contributed by atoms with Gasteiger partial charge in [-0.3, -0.25) is 4.99 Å². The molecule has 0 aliphatic rings. The van der Waals surface area contributed by atoms with E-state index in [1.54, 1.807) is 0 Å². The topological polar surface area (TPSA) is 73.8 Å². The second kappa shape index (κ2) is 10.7. The summed E-state index contributed by atoms with van der Waals surface area (Å²) >= 11 is 3.55. The molecular weight excluding hydrogens is 519 g/mol. The van der Waals surface area contributed by atoms with Crippen molar-refractivity contribution in [1.82, 2.24) is 14.9 Å². The molecule has 0 aliphatic carbocycles. The van der Waals surface area contributed by atoms with Crippen molar-refractivity contribution in [3.8, 4) is 0 Å². The predicted molar refractivity (Wildman–Crippen MR) is 119 cm³/mol. The van der Waals surface area contributed by atoms with E-state index in [0.29, 0.717) is 13.1 Å². The quantitative estimate of drug-likeness (QED) is 0.313. The van der Waals surface area contributed by atoms with Gasteiger partial charge in [-0.1, -0.05) is 34.1 Å². The zero-order chi connectivity index (χ0) is 18.4. The van der Waals surface area contributed by atoms with Crippen molar-refractivity contribution in [1.29, 1.82) is 0 Å². The average molecular weight is 547 g/mol. The van der Waals surface area contributed by atoms with Crippen molar-refractivity contribution in [2.24, 2.45) is 4.99 Å². The maximum atomic E-state index is 11.4. The second-order valence-corrected chi connectivity index (χ2v) is 8.98. The standard InChI is InChI=1S/C16H27BrN4O2S.HI/c1-6-18-15(19-12-16(2,3)20-24(5,22)23)21(4)11-13-9-7-8-10-14(13)17;/h7-10,20H,6,11-12H2,1-5H3,(H,18,19);1H. The fourth-order valence-electron chi connectivity index (χ4n) is 2.23. The van der Waals surface area contributed by atoms with Gasteiger partial charge in [0, 0.05) is 30.1 Å². The molecule has 9 heteroatoms. The average Bonchev–Trinajstić information content (AvgIpc) is 2.43. The minimum Gasteiger partial charge on any atom is -0.357 e. The van der Waals surface area contributed by atoms with E-state index in [1.807, 2.05) is 50.9 Å². The summed E-state index contributed by atoms with van der Waals surface area (Å²) in [5.41, 5.74) is 0.502. The van der Waals surface area contributed by atoms with Crippen molar-refractivity contribution in [3.05, 3.63) is 34.3 Å². The molecule has 1 aromatic rings. The first-order valence-electron chi connectivity index (χ1n) is 7.76. The Morgan fingerprint density at radius 1 is 1.32 bits per heavy atom. The molecule has 0 fully saturated rings. The van der Waals surface area contributed by atoms with Crippen molar-refractivity contribution < 1.29 is 8.42 Å². The van der Waals surface area contributed by atoms with E-state index in [1.165, 1.54) is 0 Å². The van der Waals surface area contributed by atoms with Gasteiger partial charge in [-0.25, -0.2) is 13.1 Å². The third kappa shape index (κ3) is 9.76. The number of hydrogen-bond donors (Lipinski definition) is 2. The molecule has 1 rings (SSSR count). The Morgan fingerprint density at radius 3 is 2.44 bits per heavy atom. The van der Waals surface area contributed by atoms with Gasteiger partial charge in [-0.15, -0.1) is 24.0 Å². The first-order valence-corrected chi connectivity index (χ1v) is 10.4. The van der Waals surface area contributed by atoms with E-state index in [-0.39, 0.29) is 24.0 Å². The van der Waals surface area contributed by atoms with Crippen molar-refractivity contribution in [3.63, 3.8) is 0 Å². The Kier molecular flexibility index (Phi) is 10.5. The Balaban J connectivity index is 0.00000576. The molecule has 0 radical (unpaired) electrons. The van der Waals surface area contributed by atoms with Crippen molar-refractivity contribution in [2.75, 3.05) is 26.4 Å². The van der Waals surface area contributed by atoms with Gasteiger partial charge in [0.1, 0.15) is 0 Å². The largest absolute Gasteiger partial charge is 0.357 e. The summed E-state index contributed by atoms with van der Waals surface area (Å²) in [7, 11) is -1.32. The molecule has 0 atom stereocenters. The first kappa shape index (κ1) is 24.6. The zero-order valence-corrected chi connectivity index (χ0v) is 20.1. The second-order valence-electron chi connectivity index (χ2n) is 6.38. The normalized spacial score (nSPS) is 12.5. The minimum atomic E-state index is -3.28. The van der Waals surface area contributed by atoms with E-state index in [0.717, 1.165) is 28.8 Å². The molecule has 144 valence electrons. The van der Waals surface area contributed by atoms with Crippen LogP contribution in [0.4, 0.5) is 0 Å². The minimum absolute atomic E-state index is 0. The Labute approximate surface area is 177 Å². The molecule has 0 unspecified atom stereocenters. The van der Waals surface area contributed by atoms with Gasteiger partial charge >= 0.3 is 0 Å². The molecule has 0 heterocycles. The van der Waals surface area contributed by atoms with Crippen molar-refractivity contribution in [2.45, 2.75) is 32.9 Å². The predicted octanol–water partition coefficient (Wildman–Crippen LogP) is 2.79. The Bertz CT molecular complexity index is 680. The molecule has 0 aliphatic heterocycles. The van der Waals surface area contributed by atoms with Gasteiger partial charge < -0.3 is 10.2 Å². The molecule has 0 bridgehead atoms. The number of rotatable bonds is 7. The summed E-state index contributed by atoms with van der Waals surface area (Å²) in [6.07, 6.45) is 1.16. The number of hydrogen-bond acceptors (Lipinski definition) is 3. The lowest BCUT2D eigenvalue weighted by Gasteiger charge is -2.26. The SMILES string of the molecule is CCNC(=NCC(C)(C)NS(C)(=O)=O)N(C)Cc1ccccc1Br.I. The molecular formula is C16H28BrIN4O2S. The van der Waals surface area contributed by atoms with E-state index >= 15 is 0 Å². The van der Waals surface area contributed by atoms with Crippen LogP contribution in [0.1, 0.15) is 26.3 Å². The van der Waals surface area contributed by atoms with Crippen LogP contribution in [0.2, 0.25) is 0 Å². The van der Waals surface area contributed by atoms with E-state index in [2.05, 4.69) is 37.0 Å². The van der Waals surface area contributed by atoms with Crippen LogP contribution < -0.4 is 10.0 Å². The highest BCUT2D eigenvalue weighted by molar-refractivity contribution is 14.0. The molecule has 0 saturated heterocycles. The van der Waals surface area contributed by atoms with E-state index in [9.17, 15) is 8.42 Å². The summed E-state index contributed by atoms with van der Waals surface area (Å²) in [6.45, 7) is 7.39. The van der Waals surface area contributed by atoms with Gasteiger partial charge in [0.25, 0.3) is 0 Å². The summed E-state index contributed by atoms with van der Waals surface area (Å²) in [5.74, 6) is 0.733. The monoisotopic (exact) mass is 546 g/mol. The van der Waals surface area contributed by atoms with Crippen LogP contribution in [0.3, 0.4) is 0 Å². The number of benzene rings is 1. The highest BCUT2D eigenvalue weighted by atomic mass is 127. The lowest BCUT2D eigenvalue weighted by Crippen LogP contribution is -2.46.